The number of hydrogen-bond acceptors (Lipinski definition) is 6. The number of hydrogen-bond donors (Lipinski definition) is 1. The molecule has 3 amide bonds. The first-order valence-electron chi connectivity index (χ1n) is 11.5. The summed E-state index contributed by atoms with van der Waals surface area (Å²) in [7, 11) is 1.53. The predicted molar refractivity (Wildman–Crippen MR) is 127 cm³/mol. The van der Waals surface area contributed by atoms with E-state index in [1.54, 1.807) is 30.3 Å². The number of methoxy groups -OCH3 is 1. The number of halogens is 1. The molecule has 0 aromatic heterocycles. The second kappa shape index (κ2) is 10.7. The topological polar surface area (TPSA) is 92.7 Å². The lowest BCUT2D eigenvalue weighted by atomic mass is 9.97. The first-order valence-corrected chi connectivity index (χ1v) is 11.5. The number of carbonyl (C=O) groups is 2. The van der Waals surface area contributed by atoms with Gasteiger partial charge < -0.3 is 24.4 Å². The molecule has 0 bridgehead atoms. The van der Waals surface area contributed by atoms with Crippen molar-refractivity contribution in [3.05, 3.63) is 59.4 Å². The molecule has 0 spiro atoms. The second-order valence-corrected chi connectivity index (χ2v) is 8.62. The van der Waals surface area contributed by atoms with Crippen molar-refractivity contribution in [2.75, 3.05) is 33.6 Å². The Morgan fingerprint density at radius 2 is 2.00 bits per heavy atom. The van der Waals surface area contributed by atoms with Crippen LogP contribution in [0.5, 0.6) is 11.5 Å². The fraction of sp³-hybridized carbons (Fsp3) is 0.400. The average molecular weight is 485 g/mol. The van der Waals surface area contributed by atoms with E-state index >= 15 is 0 Å². The van der Waals surface area contributed by atoms with Crippen LogP contribution in [0, 0.1) is 5.82 Å². The standard InChI is InChI=1S/C25H29FN4O5/c1-16(2)27-25(32)29(10-11-33-3)14-24(31)30-21(17-8-9-22-23(12-17)35-15-34-22)13-20(28-30)18-6-4-5-7-19(18)26/h4-9,12,16,21H,10-11,13-15H2,1-3H3,(H,27,32)/t21-/m1/s1. The average Bonchev–Trinajstić information content (AvgIpc) is 3.48. The van der Waals surface area contributed by atoms with Crippen LogP contribution in [0.15, 0.2) is 47.6 Å². The first-order chi connectivity index (χ1) is 16.9. The van der Waals surface area contributed by atoms with E-state index in [4.69, 9.17) is 14.2 Å². The van der Waals surface area contributed by atoms with Crippen LogP contribution >= 0.6 is 0 Å². The van der Waals surface area contributed by atoms with Crippen molar-refractivity contribution in [3.63, 3.8) is 0 Å². The number of benzene rings is 2. The van der Waals surface area contributed by atoms with Crippen molar-refractivity contribution < 1.29 is 28.2 Å². The summed E-state index contributed by atoms with van der Waals surface area (Å²) in [5.74, 6) is 0.389. The fourth-order valence-electron chi connectivity index (χ4n) is 4.01. The highest BCUT2D eigenvalue weighted by molar-refractivity contribution is 6.03. The third kappa shape index (κ3) is 5.54. The number of carbonyl (C=O) groups excluding carboxylic acids is 2. The molecule has 0 fully saturated rings. The number of fused-ring (bicyclic) bond motifs is 1. The van der Waals surface area contributed by atoms with Gasteiger partial charge in [0, 0.05) is 31.7 Å². The summed E-state index contributed by atoms with van der Waals surface area (Å²) < 4.78 is 30.6. The van der Waals surface area contributed by atoms with Crippen LogP contribution < -0.4 is 14.8 Å². The molecule has 2 aromatic rings. The molecule has 2 aliphatic heterocycles. The Labute approximate surface area is 203 Å². The third-order valence-corrected chi connectivity index (χ3v) is 5.72. The van der Waals surface area contributed by atoms with Crippen LogP contribution in [0.1, 0.15) is 37.4 Å². The molecular formula is C25H29FN4O5. The molecular weight excluding hydrogens is 455 g/mol. The molecule has 2 aromatic carbocycles. The number of urea groups is 1. The van der Waals surface area contributed by atoms with E-state index in [1.807, 2.05) is 19.9 Å². The van der Waals surface area contributed by atoms with Gasteiger partial charge in [0.1, 0.15) is 12.4 Å². The van der Waals surface area contributed by atoms with E-state index < -0.39 is 17.8 Å². The minimum Gasteiger partial charge on any atom is -0.454 e. The van der Waals surface area contributed by atoms with Gasteiger partial charge in [0.2, 0.25) is 6.79 Å². The predicted octanol–water partition coefficient (Wildman–Crippen LogP) is 3.30. The number of nitrogens with zero attached hydrogens (tertiary/aromatic N) is 3. The maximum Gasteiger partial charge on any atom is 0.318 e. The van der Waals surface area contributed by atoms with Crippen molar-refractivity contribution in [2.24, 2.45) is 5.10 Å². The molecule has 0 unspecified atom stereocenters. The first kappa shape index (κ1) is 24.5. The van der Waals surface area contributed by atoms with Crippen LogP contribution in [0.25, 0.3) is 0 Å². The van der Waals surface area contributed by atoms with E-state index in [1.165, 1.54) is 23.1 Å². The number of rotatable bonds is 8. The van der Waals surface area contributed by atoms with Gasteiger partial charge in [0.15, 0.2) is 11.5 Å². The van der Waals surface area contributed by atoms with Gasteiger partial charge in [0.25, 0.3) is 5.91 Å². The lowest BCUT2D eigenvalue weighted by Gasteiger charge is -2.27. The zero-order valence-corrected chi connectivity index (χ0v) is 20.0. The van der Waals surface area contributed by atoms with Crippen LogP contribution in [0.2, 0.25) is 0 Å². The van der Waals surface area contributed by atoms with Crippen molar-refractivity contribution in [3.8, 4) is 11.5 Å². The van der Waals surface area contributed by atoms with Crippen molar-refractivity contribution >= 4 is 17.6 Å². The molecule has 2 aliphatic rings. The van der Waals surface area contributed by atoms with Gasteiger partial charge in [-0.15, -0.1) is 0 Å². The van der Waals surface area contributed by atoms with E-state index in [0.717, 1.165) is 5.56 Å². The van der Waals surface area contributed by atoms with Crippen molar-refractivity contribution in [1.29, 1.82) is 0 Å². The molecule has 0 radical (unpaired) electrons. The van der Waals surface area contributed by atoms with Crippen LogP contribution in [0.3, 0.4) is 0 Å². The van der Waals surface area contributed by atoms with Crippen LogP contribution in [-0.4, -0.2) is 67.2 Å². The molecule has 0 saturated carbocycles. The highest BCUT2D eigenvalue weighted by Crippen LogP contribution is 2.39. The highest BCUT2D eigenvalue weighted by atomic mass is 19.1. The SMILES string of the molecule is COCCN(CC(=O)N1N=C(c2ccccc2F)C[C@@H]1c1ccc2c(c1)OCO2)C(=O)NC(C)C. The summed E-state index contributed by atoms with van der Waals surface area (Å²) in [6, 6.07) is 10.8. The zero-order chi connectivity index (χ0) is 24.9. The number of nitrogens with one attached hydrogen (secondary N) is 1. The lowest BCUT2D eigenvalue weighted by Crippen LogP contribution is -2.48. The molecule has 1 N–H and O–H groups in total. The quantitative estimate of drug-likeness (QED) is 0.621. The Morgan fingerprint density at radius 1 is 1.23 bits per heavy atom. The third-order valence-electron chi connectivity index (χ3n) is 5.72. The fourth-order valence-corrected chi connectivity index (χ4v) is 4.01. The number of amides is 3. The molecule has 2 heterocycles. The Hall–Kier alpha value is -3.66. The van der Waals surface area contributed by atoms with Crippen LogP contribution in [-0.2, 0) is 9.53 Å². The molecule has 0 aliphatic carbocycles. The normalized spacial score (nSPS) is 16.4. The molecule has 186 valence electrons. The maximum absolute atomic E-state index is 14.6. The molecule has 1 atom stereocenters. The highest BCUT2D eigenvalue weighted by Gasteiger charge is 2.36. The number of ether oxygens (including phenoxy) is 3. The van der Waals surface area contributed by atoms with Gasteiger partial charge in [-0.3, -0.25) is 4.79 Å². The number of hydrazone groups is 1. The van der Waals surface area contributed by atoms with Crippen molar-refractivity contribution in [1.82, 2.24) is 15.2 Å². The van der Waals surface area contributed by atoms with E-state index in [2.05, 4.69) is 10.4 Å². The molecule has 9 nitrogen and oxygen atoms in total. The summed E-state index contributed by atoms with van der Waals surface area (Å²) in [5, 5.41) is 8.66. The maximum atomic E-state index is 14.6. The Bertz CT molecular complexity index is 1120. The minimum absolute atomic E-state index is 0.0958. The Kier molecular flexibility index (Phi) is 7.50. The Morgan fingerprint density at radius 3 is 2.74 bits per heavy atom. The lowest BCUT2D eigenvalue weighted by molar-refractivity contribution is -0.133. The largest absolute Gasteiger partial charge is 0.454 e. The summed E-state index contributed by atoms with van der Waals surface area (Å²) in [4.78, 5) is 27.6. The molecule has 4 rings (SSSR count). The van der Waals surface area contributed by atoms with Gasteiger partial charge in [0.05, 0.1) is 18.4 Å². The Balaban J connectivity index is 1.63. The van der Waals surface area contributed by atoms with Gasteiger partial charge in [-0.05, 0) is 37.6 Å². The van der Waals surface area contributed by atoms with Crippen LogP contribution in [0.4, 0.5) is 9.18 Å². The summed E-state index contributed by atoms with van der Waals surface area (Å²) >= 11 is 0. The second-order valence-electron chi connectivity index (χ2n) is 8.62. The molecule has 10 heteroatoms. The van der Waals surface area contributed by atoms with Crippen molar-refractivity contribution in [2.45, 2.75) is 32.4 Å². The summed E-state index contributed by atoms with van der Waals surface area (Å²) in [5.41, 5.74) is 1.56. The van der Waals surface area contributed by atoms with E-state index in [9.17, 15) is 14.0 Å². The van der Waals surface area contributed by atoms with E-state index in [-0.39, 0.29) is 38.6 Å². The summed E-state index contributed by atoms with van der Waals surface area (Å²) in [6.45, 7) is 4.10. The van der Waals surface area contributed by atoms with Gasteiger partial charge in [-0.25, -0.2) is 14.2 Å². The summed E-state index contributed by atoms with van der Waals surface area (Å²) in [6.07, 6.45) is 0.308. The minimum atomic E-state index is -0.496. The monoisotopic (exact) mass is 484 g/mol. The smallest absolute Gasteiger partial charge is 0.318 e. The molecule has 35 heavy (non-hydrogen) atoms. The van der Waals surface area contributed by atoms with Gasteiger partial charge >= 0.3 is 6.03 Å². The van der Waals surface area contributed by atoms with Gasteiger partial charge in [-0.1, -0.05) is 24.3 Å². The zero-order valence-electron chi connectivity index (χ0n) is 20.0. The van der Waals surface area contributed by atoms with E-state index in [0.29, 0.717) is 29.2 Å². The molecule has 0 saturated heterocycles. The van der Waals surface area contributed by atoms with Gasteiger partial charge in [-0.2, -0.15) is 5.10 Å².